The molecule has 0 saturated carbocycles. The van der Waals surface area contributed by atoms with Crippen molar-refractivity contribution in [3.8, 4) is 11.4 Å². The van der Waals surface area contributed by atoms with Crippen LogP contribution < -0.4 is 5.84 Å². The number of nitrogens with zero attached hydrogens (tertiary/aromatic N) is 4. The summed E-state index contributed by atoms with van der Waals surface area (Å²) in [7, 11) is 0. The van der Waals surface area contributed by atoms with Crippen LogP contribution in [0.5, 0.6) is 0 Å². The van der Waals surface area contributed by atoms with Gasteiger partial charge in [0.25, 0.3) is 0 Å². The average molecular weight is 301 g/mol. The van der Waals surface area contributed by atoms with Gasteiger partial charge in [-0.2, -0.15) is 0 Å². The molecule has 0 saturated heterocycles. The van der Waals surface area contributed by atoms with E-state index in [1.165, 1.54) is 22.0 Å². The van der Waals surface area contributed by atoms with E-state index in [4.69, 9.17) is 10.4 Å². The van der Waals surface area contributed by atoms with E-state index in [1.807, 2.05) is 44.2 Å². The molecule has 0 aliphatic rings. The van der Waals surface area contributed by atoms with Crippen molar-refractivity contribution >= 4 is 11.8 Å². The molecule has 21 heavy (non-hydrogen) atoms. The molecule has 0 spiro atoms. The third-order valence-corrected chi connectivity index (χ3v) is 3.96. The Labute approximate surface area is 126 Å². The van der Waals surface area contributed by atoms with Crippen molar-refractivity contribution in [3.63, 3.8) is 0 Å². The highest BCUT2D eigenvalue weighted by Crippen LogP contribution is 2.24. The number of benzene rings is 1. The van der Waals surface area contributed by atoms with Gasteiger partial charge >= 0.3 is 0 Å². The Kier molecular flexibility index (Phi) is 3.66. The summed E-state index contributed by atoms with van der Waals surface area (Å²) < 4.78 is 6.66. The summed E-state index contributed by atoms with van der Waals surface area (Å²) >= 11 is 1.46. The Morgan fingerprint density at radius 1 is 1.19 bits per heavy atom. The zero-order valence-electron chi connectivity index (χ0n) is 11.8. The maximum atomic E-state index is 6.07. The van der Waals surface area contributed by atoms with Gasteiger partial charge in [-0.3, -0.25) is 0 Å². The van der Waals surface area contributed by atoms with Gasteiger partial charge in [0.1, 0.15) is 5.76 Å². The standard InChI is InChI=1S/C14H15N5OS/c1-9-3-5-11(6-4-9)13-16-17-14(19(13)15)21-8-12-7-10(2)18-20-12/h3-7H,8,15H2,1-2H3. The van der Waals surface area contributed by atoms with Gasteiger partial charge in [-0.1, -0.05) is 46.7 Å². The molecule has 0 radical (unpaired) electrons. The zero-order valence-corrected chi connectivity index (χ0v) is 12.6. The first kappa shape index (κ1) is 13.7. The van der Waals surface area contributed by atoms with Gasteiger partial charge in [0, 0.05) is 11.6 Å². The van der Waals surface area contributed by atoms with Crippen LogP contribution in [0.4, 0.5) is 0 Å². The molecular weight excluding hydrogens is 286 g/mol. The van der Waals surface area contributed by atoms with Crippen molar-refractivity contribution in [2.24, 2.45) is 0 Å². The van der Waals surface area contributed by atoms with Crippen molar-refractivity contribution in [3.05, 3.63) is 47.3 Å². The maximum absolute atomic E-state index is 6.07. The predicted octanol–water partition coefficient (Wildman–Crippen LogP) is 2.56. The van der Waals surface area contributed by atoms with Crippen LogP contribution in [0.1, 0.15) is 17.0 Å². The van der Waals surface area contributed by atoms with Gasteiger partial charge < -0.3 is 10.4 Å². The topological polar surface area (TPSA) is 82.8 Å². The molecule has 3 rings (SSSR count). The summed E-state index contributed by atoms with van der Waals surface area (Å²) in [4.78, 5) is 0. The first-order valence-electron chi connectivity index (χ1n) is 6.46. The minimum absolute atomic E-state index is 0.615. The molecular formula is C14H15N5OS. The van der Waals surface area contributed by atoms with Gasteiger partial charge in [0.15, 0.2) is 5.82 Å². The second-order valence-electron chi connectivity index (χ2n) is 4.77. The van der Waals surface area contributed by atoms with Crippen LogP contribution in [-0.2, 0) is 5.75 Å². The van der Waals surface area contributed by atoms with E-state index >= 15 is 0 Å². The maximum Gasteiger partial charge on any atom is 0.210 e. The summed E-state index contributed by atoms with van der Waals surface area (Å²) in [5.74, 6) is 8.12. The average Bonchev–Trinajstić information content (AvgIpc) is 3.04. The molecule has 0 unspecified atom stereocenters. The number of thioether (sulfide) groups is 1. The molecule has 2 N–H and O–H groups in total. The normalized spacial score (nSPS) is 11.0. The van der Waals surface area contributed by atoms with Crippen molar-refractivity contribution < 1.29 is 4.52 Å². The minimum Gasteiger partial charge on any atom is -0.360 e. The Balaban J connectivity index is 1.77. The molecule has 0 aliphatic heterocycles. The lowest BCUT2D eigenvalue weighted by Gasteiger charge is -2.03. The minimum atomic E-state index is 0.615. The number of nitrogens with two attached hydrogens (primary N) is 1. The van der Waals surface area contributed by atoms with Crippen molar-refractivity contribution in [1.82, 2.24) is 20.0 Å². The van der Waals surface area contributed by atoms with Crippen LogP contribution in [0.25, 0.3) is 11.4 Å². The molecule has 7 heteroatoms. The Morgan fingerprint density at radius 3 is 2.62 bits per heavy atom. The predicted molar refractivity (Wildman–Crippen MR) is 81.1 cm³/mol. The number of aryl methyl sites for hydroxylation is 2. The molecule has 0 fully saturated rings. The molecule has 0 bridgehead atoms. The van der Waals surface area contributed by atoms with Crippen molar-refractivity contribution in [2.75, 3.05) is 5.84 Å². The van der Waals surface area contributed by atoms with Crippen LogP contribution in [0.15, 0.2) is 40.0 Å². The fraction of sp³-hybridized carbons (Fsp3) is 0.214. The Hall–Kier alpha value is -2.28. The van der Waals surface area contributed by atoms with E-state index in [2.05, 4.69) is 15.4 Å². The molecule has 2 aromatic heterocycles. The smallest absolute Gasteiger partial charge is 0.210 e. The second-order valence-corrected chi connectivity index (χ2v) is 5.71. The largest absolute Gasteiger partial charge is 0.360 e. The van der Waals surface area contributed by atoms with E-state index in [1.54, 1.807) is 0 Å². The summed E-state index contributed by atoms with van der Waals surface area (Å²) in [6, 6.07) is 9.90. The molecule has 0 aliphatic carbocycles. The summed E-state index contributed by atoms with van der Waals surface area (Å²) in [6.45, 7) is 3.93. The van der Waals surface area contributed by atoms with E-state index < -0.39 is 0 Å². The van der Waals surface area contributed by atoms with Gasteiger partial charge in [-0.15, -0.1) is 10.2 Å². The van der Waals surface area contributed by atoms with Crippen LogP contribution in [0, 0.1) is 13.8 Å². The fourth-order valence-electron chi connectivity index (χ4n) is 1.89. The Morgan fingerprint density at radius 2 is 1.95 bits per heavy atom. The third-order valence-electron chi connectivity index (χ3n) is 2.99. The van der Waals surface area contributed by atoms with Crippen LogP contribution in [0.3, 0.4) is 0 Å². The molecule has 1 aromatic carbocycles. The SMILES string of the molecule is Cc1ccc(-c2nnc(SCc3cc(C)no3)n2N)cc1. The first-order valence-corrected chi connectivity index (χ1v) is 7.44. The van der Waals surface area contributed by atoms with Crippen molar-refractivity contribution in [2.45, 2.75) is 24.8 Å². The lowest BCUT2D eigenvalue weighted by atomic mass is 10.1. The van der Waals surface area contributed by atoms with Gasteiger partial charge in [0.05, 0.1) is 11.4 Å². The van der Waals surface area contributed by atoms with Crippen LogP contribution in [-0.4, -0.2) is 20.0 Å². The molecule has 6 nitrogen and oxygen atoms in total. The molecule has 0 amide bonds. The third kappa shape index (κ3) is 2.92. The highest BCUT2D eigenvalue weighted by molar-refractivity contribution is 7.98. The van der Waals surface area contributed by atoms with Gasteiger partial charge in [-0.05, 0) is 13.8 Å². The number of hydrogen-bond acceptors (Lipinski definition) is 6. The highest BCUT2D eigenvalue weighted by Gasteiger charge is 2.13. The van der Waals surface area contributed by atoms with Crippen LogP contribution >= 0.6 is 11.8 Å². The summed E-state index contributed by atoms with van der Waals surface area (Å²) in [6.07, 6.45) is 0. The zero-order chi connectivity index (χ0) is 14.8. The quantitative estimate of drug-likeness (QED) is 0.589. The fourth-order valence-corrected chi connectivity index (χ4v) is 2.63. The number of aromatic nitrogens is 4. The summed E-state index contributed by atoms with van der Waals surface area (Å²) in [5.41, 5.74) is 3.00. The lowest BCUT2D eigenvalue weighted by Crippen LogP contribution is -2.11. The molecule has 2 heterocycles. The highest BCUT2D eigenvalue weighted by atomic mass is 32.2. The number of nitrogen functional groups attached to an aromatic ring is 1. The Bertz CT molecular complexity index is 747. The van der Waals surface area contributed by atoms with Crippen LogP contribution in [0.2, 0.25) is 0 Å². The second kappa shape index (κ2) is 5.61. The molecule has 0 atom stereocenters. The number of rotatable bonds is 4. The number of hydrogen-bond donors (Lipinski definition) is 1. The van der Waals surface area contributed by atoms with E-state index in [0.717, 1.165) is 17.0 Å². The molecule has 108 valence electrons. The van der Waals surface area contributed by atoms with E-state index in [9.17, 15) is 0 Å². The first-order chi connectivity index (χ1) is 10.1. The van der Waals surface area contributed by atoms with Gasteiger partial charge in [0.2, 0.25) is 5.16 Å². The van der Waals surface area contributed by atoms with E-state index in [-0.39, 0.29) is 0 Å². The van der Waals surface area contributed by atoms with Gasteiger partial charge in [-0.25, -0.2) is 4.68 Å². The monoisotopic (exact) mass is 301 g/mol. The molecule has 3 aromatic rings. The lowest BCUT2D eigenvalue weighted by molar-refractivity contribution is 0.391. The van der Waals surface area contributed by atoms with Crippen molar-refractivity contribution in [1.29, 1.82) is 0 Å². The summed E-state index contributed by atoms with van der Waals surface area (Å²) in [5, 5.41) is 12.8. The van der Waals surface area contributed by atoms with E-state index in [0.29, 0.717) is 16.7 Å².